The molecule has 2 atom stereocenters. The quantitative estimate of drug-likeness (QED) is 0.572. The first-order valence-electron chi connectivity index (χ1n) is 12.4. The molecular formula is C26H33Cl2N5O2. The number of amides is 2. The molecule has 1 aromatic carbocycles. The molecular weight excluding hydrogens is 485 g/mol. The second-order valence-corrected chi connectivity index (χ2v) is 10.7. The Morgan fingerprint density at radius 3 is 2.49 bits per heavy atom. The van der Waals surface area contributed by atoms with Crippen molar-refractivity contribution in [3.63, 3.8) is 0 Å². The van der Waals surface area contributed by atoms with Crippen LogP contribution in [0.1, 0.15) is 42.5 Å². The lowest BCUT2D eigenvalue weighted by atomic mass is 9.76. The Balaban J connectivity index is 1.51. The number of nitrogens with zero attached hydrogens (tertiary/aromatic N) is 5. The number of rotatable bonds is 6. The molecule has 1 aliphatic carbocycles. The van der Waals surface area contributed by atoms with E-state index in [1.54, 1.807) is 23.1 Å². The molecule has 3 aliphatic rings. The summed E-state index contributed by atoms with van der Waals surface area (Å²) in [5.74, 6) is -0.0217. The van der Waals surface area contributed by atoms with Crippen molar-refractivity contribution in [1.29, 1.82) is 5.26 Å². The third kappa shape index (κ3) is 5.45. The normalized spacial score (nSPS) is 23.0. The number of benzene rings is 1. The summed E-state index contributed by atoms with van der Waals surface area (Å²) < 4.78 is 0. The minimum absolute atomic E-state index is 0.0833. The maximum absolute atomic E-state index is 13.5. The monoisotopic (exact) mass is 517 g/mol. The Labute approximate surface area is 217 Å². The third-order valence-electron chi connectivity index (χ3n) is 7.40. The molecule has 1 saturated carbocycles. The molecule has 4 rings (SSSR count). The first kappa shape index (κ1) is 25.8. The van der Waals surface area contributed by atoms with E-state index in [1.807, 2.05) is 19.0 Å². The highest BCUT2D eigenvalue weighted by Gasteiger charge is 2.44. The van der Waals surface area contributed by atoms with E-state index in [0.717, 1.165) is 44.3 Å². The van der Waals surface area contributed by atoms with Crippen molar-refractivity contribution >= 4 is 35.0 Å². The van der Waals surface area contributed by atoms with Crippen molar-refractivity contribution < 1.29 is 9.59 Å². The van der Waals surface area contributed by atoms with Gasteiger partial charge >= 0.3 is 0 Å². The zero-order valence-electron chi connectivity index (χ0n) is 20.5. The molecule has 188 valence electrons. The molecule has 7 nitrogen and oxygen atoms in total. The predicted molar refractivity (Wildman–Crippen MR) is 137 cm³/mol. The van der Waals surface area contributed by atoms with Crippen LogP contribution in [0.3, 0.4) is 0 Å². The highest BCUT2D eigenvalue weighted by molar-refractivity contribution is 6.42. The Morgan fingerprint density at radius 2 is 1.83 bits per heavy atom. The van der Waals surface area contributed by atoms with Gasteiger partial charge in [-0.1, -0.05) is 36.0 Å². The second-order valence-electron chi connectivity index (χ2n) is 9.89. The third-order valence-corrected chi connectivity index (χ3v) is 8.14. The highest BCUT2D eigenvalue weighted by atomic mass is 35.5. The van der Waals surface area contributed by atoms with E-state index < -0.39 is 0 Å². The summed E-state index contributed by atoms with van der Waals surface area (Å²) in [7, 11) is 4.07. The molecule has 2 amide bonds. The Morgan fingerprint density at radius 1 is 1.11 bits per heavy atom. The summed E-state index contributed by atoms with van der Waals surface area (Å²) in [6.07, 6.45) is 5.09. The van der Waals surface area contributed by atoms with E-state index in [9.17, 15) is 14.9 Å². The molecule has 35 heavy (non-hydrogen) atoms. The minimum atomic E-state index is -0.126. The minimum Gasteiger partial charge on any atom is -0.370 e. The van der Waals surface area contributed by atoms with Gasteiger partial charge in [0, 0.05) is 55.9 Å². The van der Waals surface area contributed by atoms with Crippen LogP contribution in [0.4, 0.5) is 0 Å². The summed E-state index contributed by atoms with van der Waals surface area (Å²) in [6, 6.07) is 7.35. The van der Waals surface area contributed by atoms with Crippen LogP contribution in [-0.4, -0.2) is 90.8 Å². The van der Waals surface area contributed by atoms with Crippen molar-refractivity contribution in [3.05, 3.63) is 45.1 Å². The summed E-state index contributed by atoms with van der Waals surface area (Å²) >= 11 is 12.1. The molecule has 1 aromatic rings. The van der Waals surface area contributed by atoms with Gasteiger partial charge in [-0.25, -0.2) is 0 Å². The van der Waals surface area contributed by atoms with Gasteiger partial charge in [-0.3, -0.25) is 9.59 Å². The zero-order chi connectivity index (χ0) is 25.1. The molecule has 0 bridgehead atoms. The van der Waals surface area contributed by atoms with Crippen LogP contribution in [0.15, 0.2) is 29.5 Å². The van der Waals surface area contributed by atoms with Crippen molar-refractivity contribution in [2.45, 2.75) is 38.1 Å². The van der Waals surface area contributed by atoms with Crippen LogP contribution in [0.2, 0.25) is 10.0 Å². The van der Waals surface area contributed by atoms with E-state index >= 15 is 0 Å². The van der Waals surface area contributed by atoms with Crippen molar-refractivity contribution in [1.82, 2.24) is 19.6 Å². The molecule has 2 fully saturated rings. The molecule has 2 unspecified atom stereocenters. The van der Waals surface area contributed by atoms with E-state index in [2.05, 4.69) is 15.9 Å². The number of nitriles is 1. The van der Waals surface area contributed by atoms with Crippen LogP contribution in [-0.2, 0) is 4.79 Å². The van der Waals surface area contributed by atoms with Gasteiger partial charge in [-0.2, -0.15) is 5.26 Å². The average molecular weight is 518 g/mol. The SMILES string of the molecule is CN(C)CCCN1C(=O)C(C#N)=C(N2CCN(C(=O)c3ccc(Cl)c(Cl)c3)CC2)C2CCCCC21. The second kappa shape index (κ2) is 11.2. The predicted octanol–water partition coefficient (Wildman–Crippen LogP) is 3.88. The fraction of sp³-hybridized carbons (Fsp3) is 0.577. The van der Waals surface area contributed by atoms with E-state index in [0.29, 0.717) is 53.9 Å². The molecule has 9 heteroatoms. The molecule has 2 aliphatic heterocycles. The van der Waals surface area contributed by atoms with Gasteiger partial charge in [0.15, 0.2) is 0 Å². The summed E-state index contributed by atoms with van der Waals surface area (Å²) in [5, 5.41) is 10.8. The number of carbonyl (C=O) groups excluding carboxylic acids is 2. The number of carbonyl (C=O) groups is 2. The molecule has 1 saturated heterocycles. The fourth-order valence-electron chi connectivity index (χ4n) is 5.68. The Bertz CT molecular complexity index is 1040. The van der Waals surface area contributed by atoms with E-state index in [4.69, 9.17) is 23.2 Å². The van der Waals surface area contributed by atoms with Crippen molar-refractivity contribution in [2.75, 3.05) is 53.4 Å². The number of hydrogen-bond donors (Lipinski definition) is 0. The van der Waals surface area contributed by atoms with Crippen LogP contribution >= 0.6 is 23.2 Å². The average Bonchev–Trinajstić information content (AvgIpc) is 2.86. The number of halogens is 2. The van der Waals surface area contributed by atoms with Gasteiger partial charge in [0.1, 0.15) is 11.6 Å². The molecule has 0 radical (unpaired) electrons. The van der Waals surface area contributed by atoms with Gasteiger partial charge in [0.25, 0.3) is 11.8 Å². The highest BCUT2D eigenvalue weighted by Crippen LogP contribution is 2.41. The smallest absolute Gasteiger partial charge is 0.266 e. The van der Waals surface area contributed by atoms with Crippen molar-refractivity contribution in [3.8, 4) is 6.07 Å². The Kier molecular flexibility index (Phi) is 8.26. The van der Waals surface area contributed by atoms with E-state index in [-0.39, 0.29) is 23.8 Å². The van der Waals surface area contributed by atoms with Crippen LogP contribution in [0.25, 0.3) is 0 Å². The molecule has 2 heterocycles. The summed E-state index contributed by atoms with van der Waals surface area (Å²) in [6.45, 7) is 3.85. The maximum Gasteiger partial charge on any atom is 0.266 e. The van der Waals surface area contributed by atoms with Gasteiger partial charge in [-0.15, -0.1) is 0 Å². The number of hydrogen-bond acceptors (Lipinski definition) is 5. The maximum atomic E-state index is 13.5. The first-order valence-corrected chi connectivity index (χ1v) is 13.2. The van der Waals surface area contributed by atoms with Crippen LogP contribution < -0.4 is 0 Å². The van der Waals surface area contributed by atoms with E-state index in [1.165, 1.54) is 0 Å². The Hall–Kier alpha value is -2.27. The lowest BCUT2D eigenvalue weighted by Gasteiger charge is -2.49. The van der Waals surface area contributed by atoms with Gasteiger partial charge in [-0.05, 0) is 58.1 Å². The standard InChI is InChI=1S/C26H33Cl2N5O2/c1-30(2)10-5-11-33-23-7-4-3-6-19(23)24(20(17-29)26(33)35)31-12-14-32(15-13-31)25(34)18-8-9-21(27)22(28)16-18/h8-9,16,19,23H,3-7,10-15H2,1-2H3. The van der Waals surface area contributed by atoms with Crippen molar-refractivity contribution in [2.24, 2.45) is 5.92 Å². The van der Waals surface area contributed by atoms with Crippen LogP contribution in [0.5, 0.6) is 0 Å². The first-order chi connectivity index (χ1) is 16.8. The molecule has 0 spiro atoms. The zero-order valence-corrected chi connectivity index (χ0v) is 22.0. The van der Waals surface area contributed by atoms with Gasteiger partial charge in [0.2, 0.25) is 0 Å². The lowest BCUT2D eigenvalue weighted by molar-refractivity contribution is -0.132. The number of fused-ring (bicyclic) bond motifs is 1. The lowest BCUT2D eigenvalue weighted by Crippen LogP contribution is -2.56. The molecule has 0 aromatic heterocycles. The fourth-order valence-corrected chi connectivity index (χ4v) is 5.98. The topological polar surface area (TPSA) is 70.9 Å². The summed E-state index contributed by atoms with van der Waals surface area (Å²) in [4.78, 5) is 34.6. The van der Waals surface area contributed by atoms with Crippen LogP contribution in [0, 0.1) is 17.2 Å². The summed E-state index contributed by atoms with van der Waals surface area (Å²) in [5.41, 5.74) is 1.72. The van der Waals surface area contributed by atoms with Gasteiger partial charge < -0.3 is 19.6 Å². The number of piperazine rings is 1. The largest absolute Gasteiger partial charge is 0.370 e. The molecule has 0 N–H and O–H groups in total. The van der Waals surface area contributed by atoms with Gasteiger partial charge in [0.05, 0.1) is 10.0 Å².